The Bertz CT molecular complexity index is 772. The minimum atomic E-state index is -1.92. The number of rotatable bonds is 4. The van der Waals surface area contributed by atoms with Crippen molar-refractivity contribution in [3.05, 3.63) is 54.0 Å². The Morgan fingerprint density at radius 2 is 2.09 bits per heavy atom. The molecule has 0 saturated carbocycles. The van der Waals surface area contributed by atoms with E-state index >= 15 is 0 Å². The van der Waals surface area contributed by atoms with E-state index in [1.54, 1.807) is 30.3 Å². The molecule has 0 saturated heterocycles. The highest BCUT2D eigenvalue weighted by Gasteiger charge is 2.50. The van der Waals surface area contributed by atoms with Gasteiger partial charge in [-0.1, -0.05) is 24.1 Å². The topological polar surface area (TPSA) is 70.8 Å². The molecule has 1 aliphatic heterocycles. The summed E-state index contributed by atoms with van der Waals surface area (Å²) < 4.78 is 5.03. The first-order valence-corrected chi connectivity index (χ1v) is 6.72. The zero-order valence-corrected chi connectivity index (χ0v) is 11.7. The molecule has 2 heterocycles. The Labute approximate surface area is 127 Å². The fraction of sp³-hybridized carbons (Fsp3) is 0.176. The highest BCUT2D eigenvalue weighted by atomic mass is 16.3. The van der Waals surface area contributed by atoms with Gasteiger partial charge in [-0.2, -0.15) is 0 Å². The molecule has 3 rings (SSSR count). The lowest BCUT2D eigenvalue weighted by Gasteiger charge is -2.21. The Balaban J connectivity index is 2.00. The summed E-state index contributed by atoms with van der Waals surface area (Å²) in [4.78, 5) is 26.1. The van der Waals surface area contributed by atoms with E-state index in [1.807, 2.05) is 0 Å². The molecular weight excluding hydrogens is 282 g/mol. The first-order chi connectivity index (χ1) is 10.6. The molecular formula is C17H13NO4. The highest BCUT2D eigenvalue weighted by molar-refractivity contribution is 6.10. The molecule has 0 bridgehead atoms. The molecule has 1 atom stereocenters. The van der Waals surface area contributed by atoms with E-state index in [-0.39, 0.29) is 12.3 Å². The van der Waals surface area contributed by atoms with Crippen LogP contribution < -0.4 is 4.90 Å². The number of aliphatic hydroxyl groups is 1. The summed E-state index contributed by atoms with van der Waals surface area (Å²) in [5, 5.41) is 10.9. The molecule has 1 aliphatic rings. The quantitative estimate of drug-likeness (QED) is 0.688. The third-order valence-corrected chi connectivity index (χ3v) is 3.70. The summed E-state index contributed by atoms with van der Waals surface area (Å²) in [6.07, 6.45) is 6.26. The molecule has 1 amide bonds. The number of carbonyl (C=O) groups excluding carboxylic acids is 2. The SMILES string of the molecule is C#CCN1C(=O)C(O)(CC(=O)c2ccco2)c2ccccc21. The third kappa shape index (κ3) is 2.01. The van der Waals surface area contributed by atoms with Crippen molar-refractivity contribution in [3.63, 3.8) is 0 Å². The lowest BCUT2D eigenvalue weighted by atomic mass is 9.89. The summed E-state index contributed by atoms with van der Waals surface area (Å²) in [6.45, 7) is 0.0348. The van der Waals surface area contributed by atoms with E-state index < -0.39 is 23.7 Å². The van der Waals surface area contributed by atoms with Crippen molar-refractivity contribution >= 4 is 17.4 Å². The number of hydrogen-bond acceptors (Lipinski definition) is 4. The minimum absolute atomic E-state index is 0.0348. The van der Waals surface area contributed by atoms with Crippen LogP contribution in [0.4, 0.5) is 5.69 Å². The average molecular weight is 295 g/mol. The second kappa shape index (κ2) is 5.17. The number of Topliss-reactive ketones (excluding diaryl/α,β-unsaturated/α-hetero) is 1. The Hall–Kier alpha value is -2.84. The molecule has 0 spiro atoms. The number of terminal acetylenes is 1. The maximum atomic E-state index is 12.6. The van der Waals surface area contributed by atoms with Gasteiger partial charge in [0.1, 0.15) is 0 Å². The number of furan rings is 1. The van der Waals surface area contributed by atoms with Gasteiger partial charge in [-0.05, 0) is 18.2 Å². The van der Waals surface area contributed by atoms with Crippen molar-refractivity contribution in [1.29, 1.82) is 0 Å². The van der Waals surface area contributed by atoms with Gasteiger partial charge >= 0.3 is 0 Å². The van der Waals surface area contributed by atoms with Crippen LogP contribution in [0.2, 0.25) is 0 Å². The normalized spacial score (nSPS) is 19.8. The summed E-state index contributed by atoms with van der Waals surface area (Å²) in [5.41, 5.74) is -1.01. The maximum absolute atomic E-state index is 12.6. The molecule has 5 nitrogen and oxygen atoms in total. The van der Waals surface area contributed by atoms with Gasteiger partial charge < -0.3 is 9.52 Å². The molecule has 2 aromatic rings. The number of anilines is 1. The largest absolute Gasteiger partial charge is 0.461 e. The minimum Gasteiger partial charge on any atom is -0.461 e. The second-order valence-corrected chi connectivity index (χ2v) is 5.05. The zero-order chi connectivity index (χ0) is 15.7. The monoisotopic (exact) mass is 295 g/mol. The average Bonchev–Trinajstić information content (AvgIpc) is 3.11. The zero-order valence-electron chi connectivity index (χ0n) is 11.7. The van der Waals surface area contributed by atoms with E-state index in [0.29, 0.717) is 11.3 Å². The predicted molar refractivity (Wildman–Crippen MR) is 79.2 cm³/mol. The number of amides is 1. The lowest BCUT2D eigenvalue weighted by molar-refractivity contribution is -0.135. The molecule has 5 heteroatoms. The van der Waals surface area contributed by atoms with Crippen LogP contribution in [0.25, 0.3) is 0 Å². The van der Waals surface area contributed by atoms with E-state index in [0.717, 1.165) is 0 Å². The number of carbonyl (C=O) groups is 2. The van der Waals surface area contributed by atoms with Crippen molar-refractivity contribution in [2.75, 3.05) is 11.4 Å². The number of nitrogens with zero attached hydrogens (tertiary/aromatic N) is 1. The van der Waals surface area contributed by atoms with Gasteiger partial charge in [0.2, 0.25) is 5.78 Å². The van der Waals surface area contributed by atoms with Gasteiger partial charge in [-0.15, -0.1) is 6.42 Å². The first kappa shape index (κ1) is 14.1. The Morgan fingerprint density at radius 3 is 2.77 bits per heavy atom. The van der Waals surface area contributed by atoms with Gasteiger partial charge in [0.05, 0.1) is 24.9 Å². The number of fused-ring (bicyclic) bond motifs is 1. The first-order valence-electron chi connectivity index (χ1n) is 6.72. The van der Waals surface area contributed by atoms with Crippen molar-refractivity contribution in [2.24, 2.45) is 0 Å². The number of ketones is 1. The van der Waals surface area contributed by atoms with Crippen molar-refractivity contribution in [3.8, 4) is 12.3 Å². The van der Waals surface area contributed by atoms with Gasteiger partial charge in [0.15, 0.2) is 11.4 Å². The summed E-state index contributed by atoms with van der Waals surface area (Å²) in [7, 11) is 0. The van der Waals surface area contributed by atoms with Crippen LogP contribution in [0.5, 0.6) is 0 Å². The molecule has 0 aliphatic carbocycles. The molecule has 1 N–H and O–H groups in total. The fourth-order valence-electron chi connectivity index (χ4n) is 2.68. The van der Waals surface area contributed by atoms with Crippen molar-refractivity contribution < 1.29 is 19.1 Å². The fourth-order valence-corrected chi connectivity index (χ4v) is 2.68. The van der Waals surface area contributed by atoms with Crippen LogP contribution in [0.15, 0.2) is 47.1 Å². The summed E-state index contributed by atoms with van der Waals surface area (Å²) in [5.74, 6) is 1.46. The molecule has 22 heavy (non-hydrogen) atoms. The van der Waals surface area contributed by atoms with Crippen molar-refractivity contribution in [2.45, 2.75) is 12.0 Å². The van der Waals surface area contributed by atoms with Gasteiger partial charge in [-0.3, -0.25) is 14.5 Å². The van der Waals surface area contributed by atoms with Gasteiger partial charge in [0, 0.05) is 5.56 Å². The molecule has 110 valence electrons. The molecule has 1 unspecified atom stereocenters. The number of benzene rings is 1. The van der Waals surface area contributed by atoms with Crippen LogP contribution in [0, 0.1) is 12.3 Å². The van der Waals surface area contributed by atoms with Crippen LogP contribution in [0.1, 0.15) is 22.5 Å². The smallest absolute Gasteiger partial charge is 0.265 e. The summed E-state index contributed by atoms with van der Waals surface area (Å²) in [6, 6.07) is 9.84. The van der Waals surface area contributed by atoms with Crippen LogP contribution in [-0.2, 0) is 10.4 Å². The van der Waals surface area contributed by atoms with Crippen molar-refractivity contribution in [1.82, 2.24) is 0 Å². The molecule has 1 aromatic carbocycles. The van der Waals surface area contributed by atoms with E-state index in [2.05, 4.69) is 5.92 Å². The highest BCUT2D eigenvalue weighted by Crippen LogP contribution is 2.42. The predicted octanol–water partition coefficient (Wildman–Crippen LogP) is 1.72. The number of para-hydroxylation sites is 1. The number of hydrogen-bond donors (Lipinski definition) is 1. The van der Waals surface area contributed by atoms with E-state index in [4.69, 9.17) is 10.8 Å². The van der Waals surface area contributed by atoms with Gasteiger partial charge in [0.25, 0.3) is 5.91 Å². The van der Waals surface area contributed by atoms with E-state index in [1.165, 1.54) is 17.2 Å². The second-order valence-electron chi connectivity index (χ2n) is 5.05. The molecule has 0 fully saturated rings. The van der Waals surface area contributed by atoms with Gasteiger partial charge in [-0.25, -0.2) is 0 Å². The Morgan fingerprint density at radius 1 is 1.32 bits per heavy atom. The molecule has 1 aromatic heterocycles. The van der Waals surface area contributed by atoms with Crippen LogP contribution in [0.3, 0.4) is 0 Å². The van der Waals surface area contributed by atoms with Crippen LogP contribution in [-0.4, -0.2) is 23.3 Å². The Kier molecular flexibility index (Phi) is 3.32. The van der Waals surface area contributed by atoms with Crippen LogP contribution >= 0.6 is 0 Å². The standard InChI is InChI=1S/C17H13NO4/c1-2-9-18-13-7-4-3-6-12(13)17(21,16(18)20)11-14(19)15-8-5-10-22-15/h1,3-8,10,21H,9,11H2. The maximum Gasteiger partial charge on any atom is 0.265 e. The third-order valence-electron chi connectivity index (χ3n) is 3.70. The molecule has 0 radical (unpaired) electrons. The van der Waals surface area contributed by atoms with E-state index in [9.17, 15) is 14.7 Å². The lowest BCUT2D eigenvalue weighted by Crippen LogP contribution is -2.42. The summed E-state index contributed by atoms with van der Waals surface area (Å²) >= 11 is 0.